The van der Waals surface area contributed by atoms with Crippen LogP contribution in [0.5, 0.6) is 5.75 Å². The molecule has 38 heavy (non-hydrogen) atoms. The van der Waals surface area contributed by atoms with Gasteiger partial charge in [-0.2, -0.15) is 0 Å². The number of nitrogens with zero attached hydrogens (tertiary/aromatic N) is 2. The van der Waals surface area contributed by atoms with Crippen LogP contribution in [-0.4, -0.2) is 56.3 Å². The molecule has 2 saturated carbocycles. The molecule has 5 nitrogen and oxygen atoms in total. The Kier molecular flexibility index (Phi) is 6.41. The molecule has 1 aromatic carbocycles. The van der Waals surface area contributed by atoms with Gasteiger partial charge in [-0.1, -0.05) is 37.1 Å². The lowest BCUT2D eigenvalue weighted by Gasteiger charge is -2.52. The Balaban J connectivity index is 1.14. The second-order valence-corrected chi connectivity index (χ2v) is 12.8. The largest absolute Gasteiger partial charge is 0.497 e. The molecule has 1 aliphatic heterocycles. The first-order valence-electron chi connectivity index (χ1n) is 14.5. The highest BCUT2D eigenvalue weighted by Gasteiger charge is 2.59. The molecule has 4 aliphatic carbocycles. The molecule has 6 rings (SSSR count). The molecule has 5 aliphatic rings. The lowest BCUT2D eigenvalue weighted by atomic mass is 9.52. The Bertz CT molecular complexity index is 1210. The minimum Gasteiger partial charge on any atom is -0.497 e. The van der Waals surface area contributed by atoms with E-state index in [0.29, 0.717) is 30.1 Å². The van der Waals surface area contributed by atoms with Gasteiger partial charge in [0, 0.05) is 43.2 Å². The van der Waals surface area contributed by atoms with Crippen molar-refractivity contribution < 1.29 is 14.3 Å². The van der Waals surface area contributed by atoms with Crippen LogP contribution in [0.2, 0.25) is 0 Å². The summed E-state index contributed by atoms with van der Waals surface area (Å²) in [7, 11) is 1.70. The average molecular weight is 515 g/mol. The van der Waals surface area contributed by atoms with E-state index in [-0.39, 0.29) is 22.5 Å². The van der Waals surface area contributed by atoms with Crippen molar-refractivity contribution >= 4 is 17.3 Å². The quantitative estimate of drug-likeness (QED) is 0.487. The van der Waals surface area contributed by atoms with Crippen LogP contribution in [-0.2, 0) is 9.59 Å². The molecular formula is C33H42N2O3. The number of rotatable bonds is 5. The van der Waals surface area contributed by atoms with Gasteiger partial charge in [0.2, 0.25) is 0 Å². The highest BCUT2D eigenvalue weighted by molar-refractivity contribution is 6.01. The van der Waals surface area contributed by atoms with Crippen molar-refractivity contribution in [1.82, 2.24) is 4.90 Å². The molecule has 1 aromatic rings. The summed E-state index contributed by atoms with van der Waals surface area (Å²) in [5, 5.41) is 0. The fourth-order valence-corrected chi connectivity index (χ4v) is 8.85. The molecule has 0 N–H and O–H groups in total. The minimum atomic E-state index is -0.118. The van der Waals surface area contributed by atoms with E-state index >= 15 is 0 Å². The summed E-state index contributed by atoms with van der Waals surface area (Å²) in [5.41, 5.74) is 3.92. The van der Waals surface area contributed by atoms with Crippen molar-refractivity contribution in [1.29, 1.82) is 0 Å². The third kappa shape index (κ3) is 4.09. The van der Waals surface area contributed by atoms with Gasteiger partial charge in [0.1, 0.15) is 5.75 Å². The zero-order valence-corrected chi connectivity index (χ0v) is 23.4. The van der Waals surface area contributed by atoms with E-state index in [4.69, 9.17) is 4.74 Å². The van der Waals surface area contributed by atoms with Gasteiger partial charge in [-0.15, -0.1) is 0 Å². The van der Waals surface area contributed by atoms with Gasteiger partial charge in [-0.05, 0) is 92.2 Å². The fraction of sp³-hybridized carbons (Fsp3) is 0.576. The predicted molar refractivity (Wildman–Crippen MR) is 151 cm³/mol. The number of allylic oxidation sites excluding steroid dienone is 6. The van der Waals surface area contributed by atoms with Gasteiger partial charge < -0.3 is 9.64 Å². The average Bonchev–Trinajstić information content (AvgIpc) is 3.19. The summed E-state index contributed by atoms with van der Waals surface area (Å²) in [6.45, 7) is 11.3. The number of methoxy groups -OCH3 is 1. The van der Waals surface area contributed by atoms with E-state index in [1.165, 1.54) is 16.8 Å². The lowest BCUT2D eigenvalue weighted by Crippen LogP contribution is -2.50. The number of ketones is 2. The summed E-state index contributed by atoms with van der Waals surface area (Å²) >= 11 is 0. The van der Waals surface area contributed by atoms with Crippen LogP contribution in [0.3, 0.4) is 0 Å². The number of Topliss-reactive ketones (excluding diaryl/α,β-unsaturated/α-hetero) is 1. The summed E-state index contributed by atoms with van der Waals surface area (Å²) in [5.74, 6) is 3.05. The van der Waals surface area contributed by atoms with E-state index in [1.54, 1.807) is 13.2 Å². The van der Waals surface area contributed by atoms with E-state index in [0.717, 1.165) is 57.6 Å². The van der Waals surface area contributed by atoms with Crippen LogP contribution in [0.1, 0.15) is 46.5 Å². The zero-order chi connectivity index (χ0) is 26.7. The van der Waals surface area contributed by atoms with E-state index < -0.39 is 0 Å². The van der Waals surface area contributed by atoms with E-state index in [9.17, 15) is 9.59 Å². The number of carbonyl (C=O) groups excluding carboxylic acids is 2. The fourth-order valence-electron chi connectivity index (χ4n) is 8.85. The Morgan fingerprint density at radius 3 is 2.55 bits per heavy atom. The van der Waals surface area contributed by atoms with Crippen LogP contribution in [0.25, 0.3) is 0 Å². The van der Waals surface area contributed by atoms with Crippen LogP contribution < -0.4 is 9.64 Å². The number of carbonyl (C=O) groups is 2. The first-order valence-corrected chi connectivity index (χ1v) is 14.5. The number of anilines is 1. The van der Waals surface area contributed by atoms with E-state index in [1.807, 2.05) is 18.2 Å². The standard InChI is InChI=1S/C33H42N2O3/c1-22-19-29-27-10-5-23-20-25(36)11-13-32(23,2)28(27)12-14-33(29,3)31(22)30(37)21-34-15-17-35(18-16-34)24-6-8-26(38-4)9-7-24/h6-9,11-13,20,22,27,29,31H,5,10,14-19,21H2,1-4H3/t22?,27-,29+,31-,32+,33+/m1/s1. The normalized spacial score (nSPS) is 36.6. The molecule has 6 atom stereocenters. The first-order chi connectivity index (χ1) is 18.2. The SMILES string of the molecule is COc1ccc(N2CCN(CC(=O)[C@H]3C(C)C[C@H]4[C@@H]5CCC6=CC(=O)C=C[C@]6(C)C5=CC[C@]34C)CC2)cc1. The Hall–Kier alpha value is -2.66. The maximum Gasteiger partial charge on any atom is 0.178 e. The molecule has 5 heteroatoms. The van der Waals surface area contributed by atoms with Crippen molar-refractivity contribution in [3.8, 4) is 5.75 Å². The summed E-state index contributed by atoms with van der Waals surface area (Å²) in [4.78, 5) is 30.8. The third-order valence-corrected chi connectivity index (χ3v) is 10.8. The molecule has 0 spiro atoms. The van der Waals surface area contributed by atoms with Crippen molar-refractivity contribution in [2.45, 2.75) is 46.5 Å². The highest BCUT2D eigenvalue weighted by atomic mass is 16.5. The number of benzene rings is 1. The van der Waals surface area contributed by atoms with E-state index in [2.05, 4.69) is 54.9 Å². The topological polar surface area (TPSA) is 49.9 Å². The molecule has 0 aromatic heterocycles. The van der Waals surface area contributed by atoms with Gasteiger partial charge in [0.05, 0.1) is 13.7 Å². The van der Waals surface area contributed by atoms with Crippen molar-refractivity contribution in [2.24, 2.45) is 34.5 Å². The van der Waals surface area contributed by atoms with Gasteiger partial charge in [0.25, 0.3) is 0 Å². The van der Waals surface area contributed by atoms with Crippen molar-refractivity contribution in [3.05, 3.63) is 59.7 Å². The Labute approximate surface area is 227 Å². The molecule has 0 amide bonds. The molecule has 0 bridgehead atoms. The molecule has 202 valence electrons. The molecule has 0 radical (unpaired) electrons. The highest BCUT2D eigenvalue weighted by Crippen LogP contribution is 2.65. The predicted octanol–water partition coefficient (Wildman–Crippen LogP) is 5.48. The van der Waals surface area contributed by atoms with Crippen LogP contribution in [0, 0.1) is 34.5 Å². The van der Waals surface area contributed by atoms with Gasteiger partial charge in [0.15, 0.2) is 11.6 Å². The van der Waals surface area contributed by atoms with Gasteiger partial charge >= 0.3 is 0 Å². The number of hydrogen-bond donors (Lipinski definition) is 0. The van der Waals surface area contributed by atoms with Crippen molar-refractivity contribution in [3.63, 3.8) is 0 Å². The van der Waals surface area contributed by atoms with Crippen LogP contribution in [0.15, 0.2) is 59.7 Å². The Morgan fingerprint density at radius 1 is 1.11 bits per heavy atom. The number of ether oxygens (including phenoxy) is 1. The molecular weight excluding hydrogens is 472 g/mol. The zero-order valence-electron chi connectivity index (χ0n) is 23.4. The lowest BCUT2D eigenvalue weighted by molar-refractivity contribution is -0.129. The second-order valence-electron chi connectivity index (χ2n) is 12.8. The van der Waals surface area contributed by atoms with Gasteiger partial charge in [-0.25, -0.2) is 0 Å². The third-order valence-electron chi connectivity index (χ3n) is 10.8. The Morgan fingerprint density at radius 2 is 1.84 bits per heavy atom. The summed E-state index contributed by atoms with van der Waals surface area (Å²) in [6, 6.07) is 8.28. The van der Waals surface area contributed by atoms with Crippen LogP contribution >= 0.6 is 0 Å². The summed E-state index contributed by atoms with van der Waals surface area (Å²) < 4.78 is 5.30. The molecule has 3 fully saturated rings. The maximum atomic E-state index is 13.9. The monoisotopic (exact) mass is 514 g/mol. The molecule has 1 saturated heterocycles. The van der Waals surface area contributed by atoms with Crippen LogP contribution in [0.4, 0.5) is 5.69 Å². The number of piperazine rings is 1. The first kappa shape index (κ1) is 25.6. The van der Waals surface area contributed by atoms with Gasteiger partial charge in [-0.3, -0.25) is 14.5 Å². The number of fused-ring (bicyclic) bond motifs is 5. The number of hydrogen-bond acceptors (Lipinski definition) is 5. The minimum absolute atomic E-state index is 0.0291. The summed E-state index contributed by atoms with van der Waals surface area (Å²) in [6.07, 6.45) is 12.5. The smallest absolute Gasteiger partial charge is 0.178 e. The second kappa shape index (κ2) is 9.51. The maximum absolute atomic E-state index is 13.9. The van der Waals surface area contributed by atoms with Crippen molar-refractivity contribution in [2.75, 3.05) is 44.7 Å². The molecule has 1 heterocycles. The molecule has 1 unspecified atom stereocenters.